The molecule has 0 saturated heterocycles. The van der Waals surface area contributed by atoms with Gasteiger partial charge in [0.1, 0.15) is 5.82 Å². The van der Waals surface area contributed by atoms with Crippen LogP contribution in [-0.2, 0) is 6.54 Å². The lowest BCUT2D eigenvalue weighted by atomic mass is 10.1. The van der Waals surface area contributed by atoms with Crippen LogP contribution in [0.2, 0.25) is 5.02 Å². The molecule has 1 aromatic rings. The minimum atomic E-state index is 0.103. The number of aromatic nitrogens is 1. The van der Waals surface area contributed by atoms with Gasteiger partial charge in [0.05, 0.1) is 5.02 Å². The van der Waals surface area contributed by atoms with Crippen molar-refractivity contribution in [1.29, 1.82) is 0 Å². The molecule has 112 valence electrons. The summed E-state index contributed by atoms with van der Waals surface area (Å²) in [5, 5.41) is 4.21. The molecule has 1 aliphatic carbocycles. The van der Waals surface area contributed by atoms with Gasteiger partial charge in [0.25, 0.3) is 0 Å². The van der Waals surface area contributed by atoms with Crippen LogP contribution in [0.3, 0.4) is 0 Å². The lowest BCUT2D eigenvalue weighted by Crippen LogP contribution is -2.35. The molecule has 0 aliphatic heterocycles. The molecule has 0 bridgehead atoms. The van der Waals surface area contributed by atoms with Crippen LogP contribution in [0.5, 0.6) is 0 Å². The zero-order valence-electron chi connectivity index (χ0n) is 13.0. The van der Waals surface area contributed by atoms with Crippen LogP contribution in [0.25, 0.3) is 0 Å². The number of nitrogens with one attached hydrogen (secondary N) is 1. The highest BCUT2D eigenvalue weighted by molar-refractivity contribution is 6.33. The molecule has 1 heterocycles. The van der Waals surface area contributed by atoms with E-state index in [0.717, 1.165) is 22.9 Å². The number of rotatable bonds is 4. The quantitative estimate of drug-likeness (QED) is 0.910. The molecule has 4 heteroatoms. The molecule has 0 amide bonds. The standard InChI is InChI=1S/C16H26ClN3/c1-16(2,3)19-11-12-9-14(17)15(18-10-12)20(4)13-7-5-6-8-13/h9-10,13,19H,5-8,11H2,1-4H3. The van der Waals surface area contributed by atoms with Crippen molar-refractivity contribution in [3.8, 4) is 0 Å². The second-order valence-electron chi connectivity index (χ2n) is 6.80. The first-order valence-corrected chi connectivity index (χ1v) is 7.87. The van der Waals surface area contributed by atoms with Gasteiger partial charge in [-0.15, -0.1) is 0 Å². The Morgan fingerprint density at radius 3 is 2.55 bits per heavy atom. The molecule has 1 N–H and O–H groups in total. The van der Waals surface area contributed by atoms with Gasteiger partial charge in [0.15, 0.2) is 0 Å². The van der Waals surface area contributed by atoms with Gasteiger partial charge in [-0.25, -0.2) is 4.98 Å². The second-order valence-corrected chi connectivity index (χ2v) is 7.21. The summed E-state index contributed by atoms with van der Waals surface area (Å²) in [5.74, 6) is 0.915. The molecule has 20 heavy (non-hydrogen) atoms. The van der Waals surface area contributed by atoms with E-state index in [9.17, 15) is 0 Å². The number of pyridine rings is 1. The third kappa shape index (κ3) is 4.10. The highest BCUT2D eigenvalue weighted by Crippen LogP contribution is 2.30. The van der Waals surface area contributed by atoms with Crippen LogP contribution in [-0.4, -0.2) is 23.6 Å². The molecule has 1 fully saturated rings. The SMILES string of the molecule is CN(c1ncc(CNC(C)(C)C)cc1Cl)C1CCCC1. The van der Waals surface area contributed by atoms with E-state index in [0.29, 0.717) is 6.04 Å². The first-order valence-electron chi connectivity index (χ1n) is 7.49. The minimum Gasteiger partial charge on any atom is -0.355 e. The zero-order chi connectivity index (χ0) is 14.8. The van der Waals surface area contributed by atoms with E-state index in [2.05, 4.69) is 43.0 Å². The predicted molar refractivity (Wildman–Crippen MR) is 86.5 cm³/mol. The Morgan fingerprint density at radius 1 is 1.35 bits per heavy atom. The van der Waals surface area contributed by atoms with Crippen LogP contribution in [0.4, 0.5) is 5.82 Å². The van der Waals surface area contributed by atoms with Crippen molar-refractivity contribution in [1.82, 2.24) is 10.3 Å². The monoisotopic (exact) mass is 295 g/mol. The van der Waals surface area contributed by atoms with Gasteiger partial charge in [0.2, 0.25) is 0 Å². The van der Waals surface area contributed by atoms with Gasteiger partial charge in [-0.05, 0) is 45.2 Å². The van der Waals surface area contributed by atoms with Crippen LogP contribution in [0.15, 0.2) is 12.3 Å². The molecule has 1 aromatic heterocycles. The van der Waals surface area contributed by atoms with Crippen LogP contribution >= 0.6 is 11.6 Å². The zero-order valence-corrected chi connectivity index (χ0v) is 13.8. The molecular formula is C16H26ClN3. The maximum absolute atomic E-state index is 6.42. The van der Waals surface area contributed by atoms with E-state index in [-0.39, 0.29) is 5.54 Å². The predicted octanol–water partition coefficient (Wildman–Crippen LogP) is 4.00. The Kier molecular flexibility index (Phi) is 4.92. The summed E-state index contributed by atoms with van der Waals surface area (Å²) in [4.78, 5) is 6.82. The van der Waals surface area contributed by atoms with Crippen molar-refractivity contribution in [2.24, 2.45) is 0 Å². The Bertz CT molecular complexity index is 448. The maximum atomic E-state index is 6.42. The number of hydrogen-bond acceptors (Lipinski definition) is 3. The average molecular weight is 296 g/mol. The molecule has 2 rings (SSSR count). The number of nitrogens with zero attached hydrogens (tertiary/aromatic N) is 2. The van der Waals surface area contributed by atoms with Crippen molar-refractivity contribution in [3.05, 3.63) is 22.8 Å². The van der Waals surface area contributed by atoms with E-state index in [1.54, 1.807) is 0 Å². The molecule has 1 saturated carbocycles. The molecule has 0 aromatic carbocycles. The summed E-state index contributed by atoms with van der Waals surface area (Å²) < 4.78 is 0. The van der Waals surface area contributed by atoms with E-state index >= 15 is 0 Å². The van der Waals surface area contributed by atoms with Crippen molar-refractivity contribution in [3.63, 3.8) is 0 Å². The Labute approximate surface area is 127 Å². The van der Waals surface area contributed by atoms with Gasteiger partial charge in [0, 0.05) is 31.4 Å². The lowest BCUT2D eigenvalue weighted by molar-refractivity contribution is 0.424. The first kappa shape index (κ1) is 15.6. The van der Waals surface area contributed by atoms with E-state index < -0.39 is 0 Å². The smallest absolute Gasteiger partial charge is 0.147 e. The second kappa shape index (κ2) is 6.31. The average Bonchev–Trinajstić information content (AvgIpc) is 2.88. The molecule has 0 unspecified atom stereocenters. The minimum absolute atomic E-state index is 0.103. The van der Waals surface area contributed by atoms with E-state index in [1.165, 1.54) is 25.7 Å². The summed E-state index contributed by atoms with van der Waals surface area (Å²) >= 11 is 6.42. The molecular weight excluding hydrogens is 270 g/mol. The number of hydrogen-bond donors (Lipinski definition) is 1. The molecule has 0 atom stereocenters. The Morgan fingerprint density at radius 2 is 2.00 bits per heavy atom. The van der Waals surface area contributed by atoms with E-state index in [4.69, 9.17) is 11.6 Å². The number of halogens is 1. The first-order chi connectivity index (χ1) is 9.37. The maximum Gasteiger partial charge on any atom is 0.147 e. The largest absolute Gasteiger partial charge is 0.355 e. The van der Waals surface area contributed by atoms with Gasteiger partial charge in [-0.3, -0.25) is 0 Å². The van der Waals surface area contributed by atoms with Crippen LogP contribution in [0.1, 0.15) is 52.0 Å². The Balaban J connectivity index is 2.05. The lowest BCUT2D eigenvalue weighted by Gasteiger charge is -2.26. The van der Waals surface area contributed by atoms with Crippen molar-refractivity contribution < 1.29 is 0 Å². The highest BCUT2D eigenvalue weighted by Gasteiger charge is 2.22. The van der Waals surface area contributed by atoms with Gasteiger partial charge >= 0.3 is 0 Å². The molecule has 1 aliphatic rings. The number of anilines is 1. The van der Waals surface area contributed by atoms with Gasteiger partial charge in [-0.2, -0.15) is 0 Å². The van der Waals surface area contributed by atoms with Crippen LogP contribution < -0.4 is 10.2 Å². The summed E-state index contributed by atoms with van der Waals surface area (Å²) in [6.45, 7) is 7.27. The third-order valence-electron chi connectivity index (χ3n) is 3.91. The normalized spacial score (nSPS) is 16.6. The fourth-order valence-corrected chi connectivity index (χ4v) is 2.98. The third-order valence-corrected chi connectivity index (χ3v) is 4.19. The summed E-state index contributed by atoms with van der Waals surface area (Å²) in [6, 6.07) is 2.63. The highest BCUT2D eigenvalue weighted by atomic mass is 35.5. The van der Waals surface area contributed by atoms with Gasteiger partial charge in [-0.1, -0.05) is 24.4 Å². The van der Waals surface area contributed by atoms with Crippen molar-refractivity contribution >= 4 is 17.4 Å². The summed E-state index contributed by atoms with van der Waals surface area (Å²) in [6.07, 6.45) is 7.08. The molecule has 0 radical (unpaired) electrons. The molecule has 0 spiro atoms. The summed E-state index contributed by atoms with van der Waals surface area (Å²) in [7, 11) is 2.11. The van der Waals surface area contributed by atoms with Crippen molar-refractivity contribution in [2.75, 3.05) is 11.9 Å². The van der Waals surface area contributed by atoms with Gasteiger partial charge < -0.3 is 10.2 Å². The van der Waals surface area contributed by atoms with E-state index in [1.807, 2.05) is 12.3 Å². The molecule has 3 nitrogen and oxygen atoms in total. The Hall–Kier alpha value is -0.800. The fraction of sp³-hybridized carbons (Fsp3) is 0.688. The topological polar surface area (TPSA) is 28.2 Å². The fourth-order valence-electron chi connectivity index (χ4n) is 2.66. The van der Waals surface area contributed by atoms with Crippen LogP contribution in [0, 0.1) is 0 Å². The summed E-state index contributed by atoms with van der Waals surface area (Å²) in [5.41, 5.74) is 1.24. The van der Waals surface area contributed by atoms with Crippen molar-refractivity contribution in [2.45, 2.75) is 64.6 Å².